The molecule has 5 nitrogen and oxygen atoms in total. The van der Waals surface area contributed by atoms with Crippen molar-refractivity contribution >= 4 is 5.97 Å². The molecule has 0 radical (unpaired) electrons. The molecule has 20 heavy (non-hydrogen) atoms. The molecule has 1 heterocycles. The van der Waals surface area contributed by atoms with E-state index in [1.165, 1.54) is 12.1 Å². The normalized spacial score (nSPS) is 16.1. The zero-order valence-electron chi connectivity index (χ0n) is 10.5. The summed E-state index contributed by atoms with van der Waals surface area (Å²) in [4.78, 5) is 10.9. The molecule has 0 bridgehead atoms. The summed E-state index contributed by atoms with van der Waals surface area (Å²) < 4.78 is 16.3. The Kier molecular flexibility index (Phi) is 3.26. The molecule has 0 fully saturated rings. The molecule has 102 valence electrons. The maximum absolute atomic E-state index is 10.9. The van der Waals surface area contributed by atoms with Crippen LogP contribution in [0.5, 0.6) is 11.5 Å². The fraction of sp³-hybridized carbons (Fsp3) is 0.133. The minimum atomic E-state index is -1.01. The Bertz CT molecular complexity index is 623. The highest BCUT2D eigenvalue weighted by atomic mass is 16.9. The van der Waals surface area contributed by atoms with E-state index in [1.54, 1.807) is 6.07 Å². The highest BCUT2D eigenvalue weighted by Crippen LogP contribution is 2.35. The molecule has 0 spiro atoms. The van der Waals surface area contributed by atoms with Crippen LogP contribution in [0.1, 0.15) is 15.9 Å². The van der Waals surface area contributed by atoms with Crippen LogP contribution in [0.2, 0.25) is 0 Å². The molecule has 5 heteroatoms. The predicted molar refractivity (Wildman–Crippen MR) is 69.7 cm³/mol. The van der Waals surface area contributed by atoms with Crippen LogP contribution in [-0.4, -0.2) is 17.6 Å². The molecule has 0 saturated carbocycles. The molecule has 2 aromatic rings. The number of carboxylic acid groups (broad SMARTS) is 1. The monoisotopic (exact) mass is 272 g/mol. The zero-order chi connectivity index (χ0) is 13.9. The van der Waals surface area contributed by atoms with Crippen molar-refractivity contribution in [3.8, 4) is 11.5 Å². The molecule has 0 saturated heterocycles. The minimum absolute atomic E-state index is 0.149. The number of hydrogen-bond acceptors (Lipinski definition) is 4. The first kappa shape index (κ1) is 12.5. The number of rotatable bonds is 4. The third-order valence-electron chi connectivity index (χ3n) is 2.87. The lowest BCUT2D eigenvalue weighted by Gasteiger charge is -2.10. The molecular formula is C15H12O5. The summed E-state index contributed by atoms with van der Waals surface area (Å²) >= 11 is 0. The lowest BCUT2D eigenvalue weighted by atomic mass is 10.2. The van der Waals surface area contributed by atoms with Gasteiger partial charge in [0.15, 0.2) is 11.5 Å². The smallest absolute Gasteiger partial charge is 0.361 e. The van der Waals surface area contributed by atoms with E-state index in [0.717, 1.165) is 5.56 Å². The Labute approximate surface area is 115 Å². The molecule has 3 rings (SSSR count). The summed E-state index contributed by atoms with van der Waals surface area (Å²) in [5.74, 6) is -0.152. The molecule has 2 aromatic carbocycles. The van der Waals surface area contributed by atoms with Crippen molar-refractivity contribution in [1.29, 1.82) is 0 Å². The van der Waals surface area contributed by atoms with Gasteiger partial charge in [-0.1, -0.05) is 30.3 Å². The minimum Gasteiger partial charge on any atom is -0.478 e. The van der Waals surface area contributed by atoms with Gasteiger partial charge in [-0.25, -0.2) is 4.79 Å². The maximum Gasteiger partial charge on any atom is 0.361 e. The fourth-order valence-electron chi connectivity index (χ4n) is 1.87. The van der Waals surface area contributed by atoms with Crippen LogP contribution in [0, 0.1) is 0 Å². The molecular weight excluding hydrogens is 260 g/mol. The quantitative estimate of drug-likeness (QED) is 0.926. The van der Waals surface area contributed by atoms with Crippen molar-refractivity contribution in [3.05, 3.63) is 59.7 Å². The highest BCUT2D eigenvalue weighted by molar-refractivity contribution is 5.88. The number of hydrogen-bond donors (Lipinski definition) is 1. The van der Waals surface area contributed by atoms with E-state index in [4.69, 9.17) is 19.3 Å². The van der Waals surface area contributed by atoms with Gasteiger partial charge < -0.3 is 19.3 Å². The van der Waals surface area contributed by atoms with E-state index in [-0.39, 0.29) is 5.56 Å². The van der Waals surface area contributed by atoms with Gasteiger partial charge in [0.2, 0.25) is 0 Å². The van der Waals surface area contributed by atoms with E-state index in [1.807, 2.05) is 30.3 Å². The second-order valence-corrected chi connectivity index (χ2v) is 4.29. The van der Waals surface area contributed by atoms with E-state index >= 15 is 0 Å². The number of carbonyl (C=O) groups is 1. The first-order valence-electron chi connectivity index (χ1n) is 6.08. The molecule has 1 N–H and O–H groups in total. The van der Waals surface area contributed by atoms with Gasteiger partial charge in [0, 0.05) is 0 Å². The Hall–Kier alpha value is -2.53. The van der Waals surface area contributed by atoms with Crippen LogP contribution in [0.4, 0.5) is 0 Å². The average molecular weight is 272 g/mol. The van der Waals surface area contributed by atoms with E-state index in [0.29, 0.717) is 18.1 Å². The van der Waals surface area contributed by atoms with Gasteiger partial charge in [0.1, 0.15) is 0 Å². The number of benzene rings is 2. The summed E-state index contributed by atoms with van der Waals surface area (Å²) in [5, 5.41) is 8.91. The summed E-state index contributed by atoms with van der Waals surface area (Å²) in [6, 6.07) is 14.1. The van der Waals surface area contributed by atoms with Crippen molar-refractivity contribution < 1.29 is 24.1 Å². The Morgan fingerprint density at radius 2 is 1.85 bits per heavy atom. The Balaban J connectivity index is 1.64. The zero-order valence-corrected chi connectivity index (χ0v) is 10.5. The van der Waals surface area contributed by atoms with Crippen LogP contribution in [0.25, 0.3) is 0 Å². The number of aromatic carboxylic acids is 1. The lowest BCUT2D eigenvalue weighted by molar-refractivity contribution is -0.184. The van der Waals surface area contributed by atoms with Crippen LogP contribution in [0.3, 0.4) is 0 Å². The standard InChI is InChI=1S/C15H12O5/c16-14(17)11-6-7-12-13(8-11)20-15(19-12)18-9-10-4-2-1-3-5-10/h1-8,15H,9H2,(H,16,17). The van der Waals surface area contributed by atoms with Gasteiger partial charge in [0.25, 0.3) is 0 Å². The van der Waals surface area contributed by atoms with Gasteiger partial charge in [-0.05, 0) is 23.8 Å². The van der Waals surface area contributed by atoms with Crippen molar-refractivity contribution in [1.82, 2.24) is 0 Å². The van der Waals surface area contributed by atoms with E-state index < -0.39 is 12.4 Å². The molecule has 0 aliphatic carbocycles. The molecule has 1 atom stereocenters. The molecule has 1 aliphatic heterocycles. The first-order valence-corrected chi connectivity index (χ1v) is 6.08. The predicted octanol–water partition coefficient (Wildman–Crippen LogP) is 2.66. The van der Waals surface area contributed by atoms with Gasteiger partial charge in [-0.15, -0.1) is 0 Å². The summed E-state index contributed by atoms with van der Waals surface area (Å²) in [7, 11) is 0. The van der Waals surface area contributed by atoms with Gasteiger partial charge in [0.05, 0.1) is 12.2 Å². The topological polar surface area (TPSA) is 65.0 Å². The molecule has 0 amide bonds. The SMILES string of the molecule is O=C(O)c1ccc2c(c1)OC(OCc1ccccc1)O2. The van der Waals surface area contributed by atoms with Gasteiger partial charge in [-0.2, -0.15) is 0 Å². The second-order valence-electron chi connectivity index (χ2n) is 4.29. The summed E-state index contributed by atoms with van der Waals surface area (Å²) in [6.07, 6.45) is 0. The largest absolute Gasteiger partial charge is 0.478 e. The van der Waals surface area contributed by atoms with Crippen molar-refractivity contribution in [3.63, 3.8) is 0 Å². The number of ether oxygens (including phenoxy) is 3. The average Bonchev–Trinajstić information content (AvgIpc) is 2.88. The fourth-order valence-corrected chi connectivity index (χ4v) is 1.87. The number of fused-ring (bicyclic) bond motifs is 1. The van der Waals surface area contributed by atoms with Crippen molar-refractivity contribution in [2.45, 2.75) is 13.1 Å². The van der Waals surface area contributed by atoms with Crippen LogP contribution < -0.4 is 9.47 Å². The lowest BCUT2D eigenvalue weighted by Crippen LogP contribution is -2.21. The second kappa shape index (κ2) is 5.22. The Morgan fingerprint density at radius 1 is 1.10 bits per heavy atom. The third-order valence-corrected chi connectivity index (χ3v) is 2.87. The highest BCUT2D eigenvalue weighted by Gasteiger charge is 2.25. The number of carboxylic acids is 1. The van der Waals surface area contributed by atoms with Crippen molar-refractivity contribution in [2.75, 3.05) is 0 Å². The van der Waals surface area contributed by atoms with Crippen LogP contribution >= 0.6 is 0 Å². The summed E-state index contributed by atoms with van der Waals surface area (Å²) in [6.45, 7) is -0.500. The van der Waals surface area contributed by atoms with E-state index in [2.05, 4.69) is 0 Å². The van der Waals surface area contributed by atoms with Crippen LogP contribution in [-0.2, 0) is 11.3 Å². The Morgan fingerprint density at radius 3 is 2.60 bits per heavy atom. The first-order chi connectivity index (χ1) is 9.72. The molecule has 1 aliphatic rings. The van der Waals surface area contributed by atoms with Gasteiger partial charge >= 0.3 is 12.4 Å². The van der Waals surface area contributed by atoms with Gasteiger partial charge in [-0.3, -0.25) is 0 Å². The van der Waals surface area contributed by atoms with Crippen molar-refractivity contribution in [2.24, 2.45) is 0 Å². The third kappa shape index (κ3) is 2.57. The molecule has 1 unspecified atom stereocenters. The van der Waals surface area contributed by atoms with Crippen LogP contribution in [0.15, 0.2) is 48.5 Å². The summed E-state index contributed by atoms with van der Waals surface area (Å²) in [5.41, 5.74) is 1.15. The molecule has 0 aromatic heterocycles. The maximum atomic E-state index is 10.9. The van der Waals surface area contributed by atoms with E-state index in [9.17, 15) is 4.79 Å².